The lowest BCUT2D eigenvalue weighted by Gasteiger charge is -2.11. The third kappa shape index (κ3) is 3.06. The Morgan fingerprint density at radius 1 is 1.46 bits per heavy atom. The Hall–Kier alpha value is 0.1000. The van der Waals surface area contributed by atoms with Gasteiger partial charge in [0.2, 0.25) is 0 Å². The molecule has 1 aromatic carbocycles. The zero-order chi connectivity index (χ0) is 9.84. The average molecular weight is 310 g/mol. The van der Waals surface area contributed by atoms with Gasteiger partial charge in [0.25, 0.3) is 0 Å². The van der Waals surface area contributed by atoms with Gasteiger partial charge in [0.05, 0.1) is 6.61 Å². The van der Waals surface area contributed by atoms with Crippen LogP contribution in [0.5, 0.6) is 0 Å². The molecular weight excluding hydrogens is 300 g/mol. The highest BCUT2D eigenvalue weighted by Gasteiger charge is 2.10. The Balaban J connectivity index is 2.88. The summed E-state index contributed by atoms with van der Waals surface area (Å²) in [6.07, 6.45) is -0.576. The van der Waals surface area contributed by atoms with Gasteiger partial charge < -0.3 is 9.84 Å². The van der Waals surface area contributed by atoms with Gasteiger partial charge in [-0.05, 0) is 17.7 Å². The topological polar surface area (TPSA) is 29.5 Å². The molecule has 1 N–H and O–H groups in total. The van der Waals surface area contributed by atoms with Crippen molar-refractivity contribution in [2.45, 2.75) is 6.10 Å². The molecule has 13 heavy (non-hydrogen) atoms. The molecule has 1 rings (SSSR count). The molecule has 0 fully saturated rings. The first-order chi connectivity index (χ1) is 6.15. The third-order valence-electron chi connectivity index (χ3n) is 1.65. The summed E-state index contributed by atoms with van der Waals surface area (Å²) in [4.78, 5) is 0. The molecule has 0 heterocycles. The highest BCUT2D eigenvalue weighted by Crippen LogP contribution is 2.26. The second-order valence-electron chi connectivity index (χ2n) is 2.64. The molecule has 0 radical (unpaired) electrons. The van der Waals surface area contributed by atoms with Crippen LogP contribution in [0.2, 0.25) is 0 Å². The molecule has 0 bridgehead atoms. The van der Waals surface area contributed by atoms with Crippen molar-refractivity contribution in [3.05, 3.63) is 32.7 Å². The maximum absolute atomic E-state index is 9.62. The number of hydrogen-bond acceptors (Lipinski definition) is 2. The van der Waals surface area contributed by atoms with E-state index in [1.54, 1.807) is 7.11 Å². The Morgan fingerprint density at radius 3 is 2.69 bits per heavy atom. The van der Waals surface area contributed by atoms with Crippen molar-refractivity contribution in [3.63, 3.8) is 0 Å². The second kappa shape index (κ2) is 5.10. The summed E-state index contributed by atoms with van der Waals surface area (Å²) in [5.41, 5.74) is 0.838. The molecule has 0 amide bonds. The van der Waals surface area contributed by atoms with Crippen LogP contribution >= 0.6 is 31.9 Å². The van der Waals surface area contributed by atoms with Crippen molar-refractivity contribution >= 4 is 31.9 Å². The van der Waals surface area contributed by atoms with Crippen molar-refractivity contribution in [2.75, 3.05) is 13.7 Å². The van der Waals surface area contributed by atoms with Gasteiger partial charge >= 0.3 is 0 Å². The van der Waals surface area contributed by atoms with Crippen LogP contribution < -0.4 is 0 Å². The minimum Gasteiger partial charge on any atom is -0.386 e. The van der Waals surface area contributed by atoms with E-state index in [4.69, 9.17) is 4.74 Å². The minimum atomic E-state index is -0.576. The first-order valence-corrected chi connectivity index (χ1v) is 5.35. The largest absolute Gasteiger partial charge is 0.386 e. The normalized spacial score (nSPS) is 12.9. The van der Waals surface area contributed by atoms with Crippen molar-refractivity contribution < 1.29 is 9.84 Å². The standard InChI is InChI=1S/C9H10Br2O2/c1-13-5-9(12)7-3-2-6(10)4-8(7)11/h2-4,9,12H,5H2,1H3. The zero-order valence-electron chi connectivity index (χ0n) is 7.13. The van der Waals surface area contributed by atoms with E-state index >= 15 is 0 Å². The second-order valence-corrected chi connectivity index (χ2v) is 4.41. The number of ether oxygens (including phenoxy) is 1. The van der Waals surface area contributed by atoms with E-state index in [0.29, 0.717) is 6.61 Å². The lowest BCUT2D eigenvalue weighted by Crippen LogP contribution is -2.05. The summed E-state index contributed by atoms with van der Waals surface area (Å²) >= 11 is 6.71. The van der Waals surface area contributed by atoms with Gasteiger partial charge in [-0.3, -0.25) is 0 Å². The van der Waals surface area contributed by atoms with Gasteiger partial charge in [0, 0.05) is 16.1 Å². The number of hydrogen-bond donors (Lipinski definition) is 1. The fourth-order valence-electron chi connectivity index (χ4n) is 1.02. The Morgan fingerprint density at radius 2 is 2.15 bits per heavy atom. The van der Waals surface area contributed by atoms with Crippen LogP contribution in [0.4, 0.5) is 0 Å². The van der Waals surface area contributed by atoms with Crippen LogP contribution in [0.15, 0.2) is 27.1 Å². The molecule has 0 aromatic heterocycles. The van der Waals surface area contributed by atoms with Gasteiger partial charge in [0.15, 0.2) is 0 Å². The molecule has 0 aliphatic rings. The Bertz CT molecular complexity index is 289. The first-order valence-electron chi connectivity index (χ1n) is 3.77. The number of halogens is 2. The van der Waals surface area contributed by atoms with E-state index in [2.05, 4.69) is 31.9 Å². The van der Waals surface area contributed by atoms with E-state index in [-0.39, 0.29) is 0 Å². The summed E-state index contributed by atoms with van der Waals surface area (Å²) in [5, 5.41) is 9.62. The number of aliphatic hydroxyl groups is 1. The molecule has 72 valence electrons. The highest BCUT2D eigenvalue weighted by molar-refractivity contribution is 9.11. The van der Waals surface area contributed by atoms with Crippen LogP contribution in [0.3, 0.4) is 0 Å². The predicted octanol–water partition coefficient (Wildman–Crippen LogP) is 2.89. The van der Waals surface area contributed by atoms with Gasteiger partial charge in [-0.25, -0.2) is 0 Å². The zero-order valence-corrected chi connectivity index (χ0v) is 10.3. The maximum Gasteiger partial charge on any atom is 0.103 e. The molecule has 0 spiro atoms. The molecule has 0 saturated carbocycles. The lowest BCUT2D eigenvalue weighted by molar-refractivity contribution is 0.0639. The molecule has 1 unspecified atom stereocenters. The predicted molar refractivity (Wildman–Crippen MR) is 58.7 cm³/mol. The van der Waals surface area contributed by atoms with Crippen LogP contribution in [0.1, 0.15) is 11.7 Å². The molecular formula is C9H10Br2O2. The van der Waals surface area contributed by atoms with Gasteiger partial charge in [-0.2, -0.15) is 0 Å². The van der Waals surface area contributed by atoms with Crippen LogP contribution in [-0.4, -0.2) is 18.8 Å². The van der Waals surface area contributed by atoms with Crippen LogP contribution in [0.25, 0.3) is 0 Å². The SMILES string of the molecule is COCC(O)c1ccc(Br)cc1Br. The molecule has 0 aliphatic heterocycles. The first kappa shape index (κ1) is 11.2. The Kier molecular flexibility index (Phi) is 4.38. The maximum atomic E-state index is 9.62. The lowest BCUT2D eigenvalue weighted by atomic mass is 10.1. The van der Waals surface area contributed by atoms with Gasteiger partial charge in [0.1, 0.15) is 6.10 Å². The molecule has 1 atom stereocenters. The fourth-order valence-corrected chi connectivity index (χ4v) is 2.33. The molecule has 2 nitrogen and oxygen atoms in total. The molecule has 4 heteroatoms. The molecule has 0 saturated heterocycles. The van der Waals surface area contributed by atoms with Crippen LogP contribution in [0, 0.1) is 0 Å². The van der Waals surface area contributed by atoms with Crippen molar-refractivity contribution in [1.29, 1.82) is 0 Å². The third-order valence-corrected chi connectivity index (χ3v) is 2.83. The van der Waals surface area contributed by atoms with Gasteiger partial charge in [-0.15, -0.1) is 0 Å². The number of aliphatic hydroxyl groups excluding tert-OH is 1. The van der Waals surface area contributed by atoms with Gasteiger partial charge in [-0.1, -0.05) is 37.9 Å². The summed E-state index contributed by atoms with van der Waals surface area (Å²) in [6.45, 7) is 0.306. The Labute approximate surface area is 94.2 Å². The molecule has 1 aromatic rings. The number of benzene rings is 1. The van der Waals surface area contributed by atoms with Crippen molar-refractivity contribution in [3.8, 4) is 0 Å². The highest BCUT2D eigenvalue weighted by atomic mass is 79.9. The van der Waals surface area contributed by atoms with E-state index < -0.39 is 6.10 Å². The summed E-state index contributed by atoms with van der Waals surface area (Å²) < 4.78 is 6.72. The van der Waals surface area contributed by atoms with Crippen molar-refractivity contribution in [2.24, 2.45) is 0 Å². The number of methoxy groups -OCH3 is 1. The summed E-state index contributed by atoms with van der Waals surface area (Å²) in [7, 11) is 1.57. The van der Waals surface area contributed by atoms with E-state index in [9.17, 15) is 5.11 Å². The van der Waals surface area contributed by atoms with E-state index in [1.165, 1.54) is 0 Å². The summed E-state index contributed by atoms with van der Waals surface area (Å²) in [5.74, 6) is 0. The minimum absolute atomic E-state index is 0.306. The number of rotatable bonds is 3. The monoisotopic (exact) mass is 308 g/mol. The summed E-state index contributed by atoms with van der Waals surface area (Å²) in [6, 6.07) is 5.64. The fraction of sp³-hybridized carbons (Fsp3) is 0.333. The van der Waals surface area contributed by atoms with E-state index in [1.807, 2.05) is 18.2 Å². The van der Waals surface area contributed by atoms with Crippen molar-refractivity contribution in [1.82, 2.24) is 0 Å². The average Bonchev–Trinajstić information content (AvgIpc) is 2.04. The molecule has 0 aliphatic carbocycles. The van der Waals surface area contributed by atoms with Crippen LogP contribution in [-0.2, 0) is 4.74 Å². The smallest absolute Gasteiger partial charge is 0.103 e. The quantitative estimate of drug-likeness (QED) is 0.930. The van der Waals surface area contributed by atoms with E-state index in [0.717, 1.165) is 14.5 Å².